The highest BCUT2D eigenvalue weighted by Crippen LogP contribution is 2.21. The van der Waals surface area contributed by atoms with Crippen molar-refractivity contribution in [2.24, 2.45) is 12.0 Å². The molecule has 29 heavy (non-hydrogen) atoms. The summed E-state index contributed by atoms with van der Waals surface area (Å²) in [6, 6.07) is 0. The number of nitrogens with zero attached hydrogens (tertiary/aromatic N) is 6. The van der Waals surface area contributed by atoms with Crippen LogP contribution in [0.4, 0.5) is 0 Å². The minimum atomic E-state index is 0. The highest BCUT2D eigenvalue weighted by Gasteiger charge is 2.13. The number of aromatic nitrogens is 4. The van der Waals surface area contributed by atoms with Crippen LogP contribution in [0.1, 0.15) is 41.8 Å². The predicted octanol–water partition coefficient (Wildman–Crippen LogP) is 3.24. The fourth-order valence-corrected chi connectivity index (χ4v) is 3.74. The van der Waals surface area contributed by atoms with Crippen LogP contribution in [0.3, 0.4) is 0 Å². The number of aliphatic imine (C=N–C) groups is 1. The second-order valence-corrected chi connectivity index (χ2v) is 8.42. The first kappa shape index (κ1) is 26.1. The van der Waals surface area contributed by atoms with Gasteiger partial charge in [-0.3, -0.25) is 0 Å². The molecule has 0 saturated carbocycles. The van der Waals surface area contributed by atoms with E-state index in [4.69, 9.17) is 9.73 Å². The molecule has 1 unspecified atom stereocenters. The van der Waals surface area contributed by atoms with Gasteiger partial charge in [-0.05, 0) is 32.3 Å². The van der Waals surface area contributed by atoms with E-state index >= 15 is 0 Å². The van der Waals surface area contributed by atoms with Gasteiger partial charge < -0.3 is 19.5 Å². The zero-order valence-corrected chi connectivity index (χ0v) is 22.0. The Kier molecular flexibility index (Phi) is 12.1. The molecule has 0 aliphatic heterocycles. The Bertz CT molecular complexity index is 765. The average Bonchev–Trinajstić information content (AvgIpc) is 3.28. The van der Waals surface area contributed by atoms with Crippen molar-refractivity contribution in [1.29, 1.82) is 0 Å². The fourth-order valence-electron chi connectivity index (χ4n) is 2.46. The molecule has 0 aliphatic rings. The zero-order valence-electron chi connectivity index (χ0n) is 18.0. The number of rotatable bonds is 10. The van der Waals surface area contributed by atoms with Crippen molar-refractivity contribution < 1.29 is 4.74 Å². The second kappa shape index (κ2) is 13.4. The van der Waals surface area contributed by atoms with E-state index in [1.807, 2.05) is 44.3 Å². The summed E-state index contributed by atoms with van der Waals surface area (Å²) >= 11 is 3.48. The first-order valence-corrected chi connectivity index (χ1v) is 11.5. The summed E-state index contributed by atoms with van der Waals surface area (Å²) in [6.07, 6.45) is 3.22. The Hall–Kier alpha value is -0.920. The SMILES string of the molecule is COC(C)c1nc(CN(C)C(=NCc2nnc(C)n2C)NCCCSC)cs1.I. The van der Waals surface area contributed by atoms with E-state index < -0.39 is 0 Å². The van der Waals surface area contributed by atoms with Gasteiger partial charge in [0.05, 0.1) is 12.2 Å². The number of thioether (sulfide) groups is 1. The van der Waals surface area contributed by atoms with Gasteiger partial charge in [0.1, 0.15) is 23.5 Å². The summed E-state index contributed by atoms with van der Waals surface area (Å²) in [5, 5.41) is 14.9. The highest BCUT2D eigenvalue weighted by atomic mass is 127. The monoisotopic (exact) mass is 553 g/mol. The molecule has 2 heterocycles. The molecule has 2 aromatic rings. The summed E-state index contributed by atoms with van der Waals surface area (Å²) in [4.78, 5) is 11.6. The average molecular weight is 554 g/mol. The number of halogens is 1. The van der Waals surface area contributed by atoms with E-state index in [2.05, 4.69) is 37.0 Å². The second-order valence-electron chi connectivity index (χ2n) is 6.55. The Morgan fingerprint density at radius 1 is 1.45 bits per heavy atom. The molecule has 11 heteroatoms. The Labute approximate surface area is 199 Å². The van der Waals surface area contributed by atoms with Crippen LogP contribution >= 0.6 is 47.1 Å². The van der Waals surface area contributed by atoms with Gasteiger partial charge >= 0.3 is 0 Å². The van der Waals surface area contributed by atoms with Crippen molar-refractivity contribution >= 4 is 53.0 Å². The lowest BCUT2D eigenvalue weighted by molar-refractivity contribution is 0.119. The van der Waals surface area contributed by atoms with Crippen LogP contribution in [0, 0.1) is 6.92 Å². The Morgan fingerprint density at radius 3 is 2.83 bits per heavy atom. The summed E-state index contributed by atoms with van der Waals surface area (Å²) in [5.41, 5.74) is 1.01. The molecular weight excluding hydrogens is 521 g/mol. The van der Waals surface area contributed by atoms with Crippen molar-refractivity contribution in [3.63, 3.8) is 0 Å². The highest BCUT2D eigenvalue weighted by molar-refractivity contribution is 14.0. The summed E-state index contributed by atoms with van der Waals surface area (Å²) in [7, 11) is 5.69. The number of thiazole rings is 1. The summed E-state index contributed by atoms with van der Waals surface area (Å²) < 4.78 is 7.33. The Balaban J connectivity index is 0.00000420. The molecule has 8 nitrogen and oxygen atoms in total. The molecule has 0 fully saturated rings. The Morgan fingerprint density at radius 2 is 2.21 bits per heavy atom. The molecule has 0 aromatic carbocycles. The van der Waals surface area contributed by atoms with Crippen molar-refractivity contribution in [1.82, 2.24) is 30.0 Å². The number of hydrogen-bond acceptors (Lipinski definition) is 7. The minimum Gasteiger partial charge on any atom is -0.375 e. The van der Waals surface area contributed by atoms with Crippen LogP contribution in [0.25, 0.3) is 0 Å². The lowest BCUT2D eigenvalue weighted by Gasteiger charge is -2.21. The maximum atomic E-state index is 5.36. The number of nitrogens with one attached hydrogen (secondary N) is 1. The van der Waals surface area contributed by atoms with Crippen LogP contribution in [0.5, 0.6) is 0 Å². The molecule has 0 saturated heterocycles. The van der Waals surface area contributed by atoms with E-state index in [-0.39, 0.29) is 30.1 Å². The number of methoxy groups -OCH3 is 1. The van der Waals surface area contributed by atoms with E-state index in [9.17, 15) is 0 Å². The third kappa shape index (κ3) is 8.02. The number of ether oxygens (including phenoxy) is 1. The number of guanidine groups is 1. The van der Waals surface area contributed by atoms with Gasteiger partial charge in [0.25, 0.3) is 0 Å². The van der Waals surface area contributed by atoms with Crippen LogP contribution in [-0.4, -0.2) is 63.3 Å². The maximum absolute atomic E-state index is 5.36. The van der Waals surface area contributed by atoms with Crippen molar-refractivity contribution in [2.75, 3.05) is 32.7 Å². The van der Waals surface area contributed by atoms with Crippen molar-refractivity contribution in [3.8, 4) is 0 Å². The fraction of sp³-hybridized carbons (Fsp3) is 0.667. The van der Waals surface area contributed by atoms with Gasteiger partial charge in [0.15, 0.2) is 11.8 Å². The molecular formula is C18H32IN7OS2. The van der Waals surface area contributed by atoms with E-state index in [0.29, 0.717) is 13.1 Å². The molecule has 0 aliphatic carbocycles. The van der Waals surface area contributed by atoms with Gasteiger partial charge in [-0.2, -0.15) is 11.8 Å². The molecule has 1 atom stereocenters. The largest absolute Gasteiger partial charge is 0.375 e. The topological polar surface area (TPSA) is 80.5 Å². The predicted molar refractivity (Wildman–Crippen MR) is 132 cm³/mol. The molecule has 0 radical (unpaired) electrons. The van der Waals surface area contributed by atoms with Crippen LogP contribution in [0.2, 0.25) is 0 Å². The van der Waals surface area contributed by atoms with Gasteiger partial charge in [0, 0.05) is 33.1 Å². The smallest absolute Gasteiger partial charge is 0.194 e. The molecule has 2 rings (SSSR count). The lowest BCUT2D eigenvalue weighted by atomic mass is 10.4. The quantitative estimate of drug-likeness (QED) is 0.210. The van der Waals surface area contributed by atoms with Crippen LogP contribution in [-0.2, 0) is 24.9 Å². The van der Waals surface area contributed by atoms with Gasteiger partial charge in [0.2, 0.25) is 0 Å². The standard InChI is InChI=1S/C18H31N7OS2.HI/c1-13(26-5)17-21-15(12-28-17)11-24(3)18(19-8-7-9-27-6)20-10-16-23-22-14(2)25(16)4;/h12-13H,7-11H2,1-6H3,(H,19,20);1H. The van der Waals surface area contributed by atoms with Gasteiger partial charge in [-0.15, -0.1) is 45.5 Å². The van der Waals surface area contributed by atoms with Crippen molar-refractivity contribution in [3.05, 3.63) is 27.7 Å². The van der Waals surface area contributed by atoms with E-state index in [0.717, 1.165) is 47.0 Å². The minimum absolute atomic E-state index is 0. The molecule has 164 valence electrons. The molecule has 0 spiro atoms. The lowest BCUT2D eigenvalue weighted by Crippen LogP contribution is -2.39. The van der Waals surface area contributed by atoms with Crippen LogP contribution < -0.4 is 5.32 Å². The third-order valence-electron chi connectivity index (χ3n) is 4.39. The van der Waals surface area contributed by atoms with Crippen molar-refractivity contribution in [2.45, 2.75) is 39.5 Å². The molecule has 0 amide bonds. The maximum Gasteiger partial charge on any atom is 0.194 e. The third-order valence-corrected chi connectivity index (χ3v) is 6.14. The molecule has 2 aromatic heterocycles. The molecule has 1 N–H and O–H groups in total. The summed E-state index contributed by atoms with van der Waals surface area (Å²) in [5.74, 6) is 3.70. The zero-order chi connectivity index (χ0) is 20.5. The number of aryl methyl sites for hydroxylation is 1. The van der Waals surface area contributed by atoms with Crippen LogP contribution in [0.15, 0.2) is 10.4 Å². The molecule has 0 bridgehead atoms. The first-order chi connectivity index (χ1) is 13.5. The summed E-state index contributed by atoms with van der Waals surface area (Å²) in [6.45, 7) is 5.99. The van der Waals surface area contributed by atoms with Gasteiger partial charge in [-0.25, -0.2) is 9.98 Å². The normalized spacial score (nSPS) is 12.6. The first-order valence-electron chi connectivity index (χ1n) is 9.26. The van der Waals surface area contributed by atoms with E-state index in [1.54, 1.807) is 18.4 Å². The number of hydrogen-bond donors (Lipinski definition) is 1. The van der Waals surface area contributed by atoms with E-state index in [1.165, 1.54) is 0 Å². The van der Waals surface area contributed by atoms with Gasteiger partial charge in [-0.1, -0.05) is 0 Å².